The molecular formula is C14H19F3N2. The zero-order valence-corrected chi connectivity index (χ0v) is 10.8. The van der Waals surface area contributed by atoms with Crippen LogP contribution in [0.2, 0.25) is 0 Å². The highest BCUT2D eigenvalue weighted by Crippen LogP contribution is 2.30. The molecule has 0 fully saturated rings. The van der Waals surface area contributed by atoms with Gasteiger partial charge in [-0.3, -0.25) is 0 Å². The number of para-hydroxylation sites is 1. The van der Waals surface area contributed by atoms with E-state index in [1.807, 2.05) is 18.2 Å². The van der Waals surface area contributed by atoms with Gasteiger partial charge in [0.05, 0.1) is 0 Å². The molecule has 0 bridgehead atoms. The van der Waals surface area contributed by atoms with Gasteiger partial charge in [-0.2, -0.15) is 13.2 Å². The van der Waals surface area contributed by atoms with E-state index in [4.69, 9.17) is 0 Å². The van der Waals surface area contributed by atoms with Gasteiger partial charge in [0.25, 0.3) is 0 Å². The smallest absolute Gasteiger partial charge is 0.385 e. The maximum Gasteiger partial charge on any atom is 0.389 e. The largest absolute Gasteiger partial charge is 0.389 e. The zero-order valence-electron chi connectivity index (χ0n) is 10.8. The Morgan fingerprint density at radius 3 is 2.84 bits per heavy atom. The molecule has 1 aliphatic rings. The Morgan fingerprint density at radius 1 is 1.26 bits per heavy atom. The normalized spacial score (nSPS) is 18.8. The molecule has 5 heteroatoms. The van der Waals surface area contributed by atoms with Crippen molar-refractivity contribution >= 4 is 5.69 Å². The monoisotopic (exact) mass is 272 g/mol. The zero-order chi connectivity index (χ0) is 13.7. The van der Waals surface area contributed by atoms with Crippen molar-refractivity contribution < 1.29 is 13.2 Å². The maximum absolute atomic E-state index is 12.0. The molecule has 2 rings (SSSR count). The highest BCUT2D eigenvalue weighted by molar-refractivity contribution is 5.54. The molecule has 19 heavy (non-hydrogen) atoms. The number of rotatable bonds is 5. The van der Waals surface area contributed by atoms with Crippen LogP contribution in [0.5, 0.6) is 0 Å². The first kappa shape index (κ1) is 14.2. The van der Waals surface area contributed by atoms with Crippen LogP contribution in [0.1, 0.15) is 30.7 Å². The van der Waals surface area contributed by atoms with Gasteiger partial charge < -0.3 is 10.6 Å². The SMILES string of the molecule is FC(F)(F)CCCNCC1CCNc2ccccc21. The van der Waals surface area contributed by atoms with Crippen molar-refractivity contribution in [2.45, 2.75) is 31.4 Å². The minimum atomic E-state index is -4.04. The topological polar surface area (TPSA) is 24.1 Å². The lowest BCUT2D eigenvalue weighted by Gasteiger charge is -2.27. The fraction of sp³-hybridized carbons (Fsp3) is 0.571. The lowest BCUT2D eigenvalue weighted by atomic mass is 9.91. The lowest BCUT2D eigenvalue weighted by molar-refractivity contribution is -0.135. The van der Waals surface area contributed by atoms with Gasteiger partial charge in [-0.25, -0.2) is 0 Å². The Labute approximate surface area is 111 Å². The summed E-state index contributed by atoms with van der Waals surface area (Å²) in [6.07, 6.45) is -3.58. The summed E-state index contributed by atoms with van der Waals surface area (Å²) < 4.78 is 36.0. The van der Waals surface area contributed by atoms with Gasteiger partial charge in [-0.1, -0.05) is 18.2 Å². The van der Waals surface area contributed by atoms with E-state index in [0.717, 1.165) is 25.2 Å². The minimum absolute atomic E-state index is 0.149. The molecule has 0 aliphatic carbocycles. The summed E-state index contributed by atoms with van der Waals surface area (Å²) in [5.74, 6) is 0.392. The first-order chi connectivity index (χ1) is 9.06. The summed E-state index contributed by atoms with van der Waals surface area (Å²) >= 11 is 0. The number of benzene rings is 1. The van der Waals surface area contributed by atoms with Crippen molar-refractivity contribution in [1.82, 2.24) is 5.32 Å². The average molecular weight is 272 g/mol. The molecule has 2 N–H and O–H groups in total. The molecule has 0 amide bonds. The van der Waals surface area contributed by atoms with E-state index < -0.39 is 12.6 Å². The van der Waals surface area contributed by atoms with Crippen molar-refractivity contribution in [2.75, 3.05) is 25.0 Å². The molecule has 1 heterocycles. The van der Waals surface area contributed by atoms with Crippen LogP contribution in [0.25, 0.3) is 0 Å². The maximum atomic E-state index is 12.0. The van der Waals surface area contributed by atoms with Crippen LogP contribution in [0, 0.1) is 0 Å². The van der Waals surface area contributed by atoms with Crippen LogP contribution in [0.15, 0.2) is 24.3 Å². The van der Waals surface area contributed by atoms with E-state index in [9.17, 15) is 13.2 Å². The summed E-state index contributed by atoms with van der Waals surface area (Å²) in [6.45, 7) is 2.09. The van der Waals surface area contributed by atoms with Crippen molar-refractivity contribution in [2.24, 2.45) is 0 Å². The van der Waals surface area contributed by atoms with Gasteiger partial charge in [0, 0.05) is 31.1 Å². The summed E-state index contributed by atoms with van der Waals surface area (Å²) in [5, 5.41) is 6.48. The molecule has 1 aliphatic heterocycles. The number of hydrogen-bond acceptors (Lipinski definition) is 2. The fourth-order valence-corrected chi connectivity index (χ4v) is 2.45. The van der Waals surface area contributed by atoms with Crippen LogP contribution in [0.4, 0.5) is 18.9 Å². The minimum Gasteiger partial charge on any atom is -0.385 e. The average Bonchev–Trinajstić information content (AvgIpc) is 2.37. The molecule has 2 nitrogen and oxygen atoms in total. The molecule has 0 saturated heterocycles. The predicted molar refractivity (Wildman–Crippen MR) is 70.4 cm³/mol. The highest BCUT2D eigenvalue weighted by atomic mass is 19.4. The molecule has 0 saturated carbocycles. The van der Waals surface area contributed by atoms with Crippen LogP contribution < -0.4 is 10.6 Å². The predicted octanol–water partition coefficient (Wildman–Crippen LogP) is 3.52. The summed E-state index contributed by atoms with van der Waals surface area (Å²) in [7, 11) is 0. The number of nitrogens with one attached hydrogen (secondary N) is 2. The van der Waals surface area contributed by atoms with Crippen molar-refractivity contribution in [3.63, 3.8) is 0 Å². The van der Waals surface area contributed by atoms with Gasteiger partial charge >= 0.3 is 6.18 Å². The number of alkyl halides is 3. The van der Waals surface area contributed by atoms with Crippen LogP contribution in [0.3, 0.4) is 0 Å². The summed E-state index contributed by atoms with van der Waals surface area (Å²) in [4.78, 5) is 0. The Bertz CT molecular complexity index is 404. The van der Waals surface area contributed by atoms with Crippen LogP contribution in [-0.4, -0.2) is 25.8 Å². The lowest BCUT2D eigenvalue weighted by Crippen LogP contribution is -2.28. The van der Waals surface area contributed by atoms with E-state index in [2.05, 4.69) is 16.7 Å². The molecule has 106 valence electrons. The Morgan fingerprint density at radius 2 is 2.05 bits per heavy atom. The molecule has 0 aromatic heterocycles. The second kappa shape index (κ2) is 6.28. The quantitative estimate of drug-likeness (QED) is 0.801. The van der Waals surface area contributed by atoms with Gasteiger partial charge in [-0.15, -0.1) is 0 Å². The van der Waals surface area contributed by atoms with Gasteiger partial charge in [0.2, 0.25) is 0 Å². The number of anilines is 1. The molecule has 1 unspecified atom stereocenters. The number of hydrogen-bond donors (Lipinski definition) is 2. The first-order valence-corrected chi connectivity index (χ1v) is 6.66. The Balaban J connectivity index is 1.75. The van der Waals surface area contributed by atoms with E-state index in [-0.39, 0.29) is 6.42 Å². The second-order valence-electron chi connectivity index (χ2n) is 4.92. The molecule has 0 radical (unpaired) electrons. The molecule has 1 aromatic carbocycles. The van der Waals surface area contributed by atoms with Crippen LogP contribution >= 0.6 is 0 Å². The van der Waals surface area contributed by atoms with Crippen LogP contribution in [-0.2, 0) is 0 Å². The van der Waals surface area contributed by atoms with E-state index >= 15 is 0 Å². The molecule has 1 aromatic rings. The summed E-state index contributed by atoms with van der Waals surface area (Å²) in [5.41, 5.74) is 2.41. The van der Waals surface area contributed by atoms with Crippen molar-refractivity contribution in [3.8, 4) is 0 Å². The van der Waals surface area contributed by atoms with Gasteiger partial charge in [0.15, 0.2) is 0 Å². The van der Waals surface area contributed by atoms with Gasteiger partial charge in [-0.05, 0) is 31.0 Å². The third kappa shape index (κ3) is 4.42. The Kier molecular flexibility index (Phi) is 4.69. The Hall–Kier alpha value is -1.23. The van der Waals surface area contributed by atoms with E-state index in [1.165, 1.54) is 5.56 Å². The number of halogens is 3. The highest BCUT2D eigenvalue weighted by Gasteiger charge is 2.26. The molecule has 0 spiro atoms. The standard InChI is InChI=1S/C14H19F3N2/c15-14(16,17)7-3-8-18-10-11-6-9-19-13-5-2-1-4-12(11)13/h1-2,4-5,11,18-19H,3,6-10H2. The molecule has 1 atom stereocenters. The van der Waals surface area contributed by atoms with Gasteiger partial charge in [0.1, 0.15) is 0 Å². The van der Waals surface area contributed by atoms with Crippen molar-refractivity contribution in [1.29, 1.82) is 0 Å². The first-order valence-electron chi connectivity index (χ1n) is 6.66. The van der Waals surface area contributed by atoms with E-state index in [1.54, 1.807) is 0 Å². The third-order valence-corrected chi connectivity index (χ3v) is 3.41. The second-order valence-corrected chi connectivity index (χ2v) is 4.92. The number of fused-ring (bicyclic) bond motifs is 1. The van der Waals surface area contributed by atoms with E-state index in [0.29, 0.717) is 12.5 Å². The summed E-state index contributed by atoms with van der Waals surface area (Å²) in [6, 6.07) is 8.13. The molecular weight excluding hydrogens is 253 g/mol. The fourth-order valence-electron chi connectivity index (χ4n) is 2.45. The third-order valence-electron chi connectivity index (χ3n) is 3.41. The van der Waals surface area contributed by atoms with Crippen molar-refractivity contribution in [3.05, 3.63) is 29.8 Å².